The zero-order valence-electron chi connectivity index (χ0n) is 8.62. The average molecular weight is 217 g/mol. The first-order valence-corrected chi connectivity index (χ1v) is 4.99. The molecule has 0 aliphatic heterocycles. The molecule has 0 aliphatic rings. The van der Waals surface area contributed by atoms with E-state index in [1.807, 2.05) is 6.92 Å². The summed E-state index contributed by atoms with van der Waals surface area (Å²) in [5.41, 5.74) is 0.468. The van der Waals surface area contributed by atoms with Crippen molar-refractivity contribution < 1.29 is 13.2 Å². The molecular formula is C11H14F3N. The maximum Gasteiger partial charge on any atom is 0.194 e. The van der Waals surface area contributed by atoms with Gasteiger partial charge in [0, 0.05) is 0 Å². The standard InChI is InChI=1S/C11H14F3N/c1-2-4-15-5-3-8-6-9(12)11(14)10(13)7-8/h6-7,15H,2-5H2,1H3. The second kappa shape index (κ2) is 5.75. The van der Waals surface area contributed by atoms with E-state index in [0.29, 0.717) is 18.5 Å². The third kappa shape index (κ3) is 3.55. The van der Waals surface area contributed by atoms with E-state index in [1.165, 1.54) is 0 Å². The van der Waals surface area contributed by atoms with Gasteiger partial charge in [-0.25, -0.2) is 13.2 Å². The summed E-state index contributed by atoms with van der Waals surface area (Å²) in [4.78, 5) is 0. The van der Waals surface area contributed by atoms with Gasteiger partial charge in [0.2, 0.25) is 0 Å². The first-order chi connectivity index (χ1) is 7.15. The highest BCUT2D eigenvalue weighted by atomic mass is 19.2. The van der Waals surface area contributed by atoms with E-state index in [4.69, 9.17) is 0 Å². The number of nitrogens with one attached hydrogen (secondary N) is 1. The van der Waals surface area contributed by atoms with Crippen LogP contribution in [0.4, 0.5) is 13.2 Å². The molecule has 1 aromatic carbocycles. The van der Waals surface area contributed by atoms with Crippen molar-refractivity contribution in [2.45, 2.75) is 19.8 Å². The lowest BCUT2D eigenvalue weighted by Gasteiger charge is -2.04. The molecule has 0 aliphatic carbocycles. The smallest absolute Gasteiger partial charge is 0.194 e. The van der Waals surface area contributed by atoms with Crippen molar-refractivity contribution in [1.29, 1.82) is 0 Å². The van der Waals surface area contributed by atoms with E-state index < -0.39 is 17.5 Å². The highest BCUT2D eigenvalue weighted by Gasteiger charge is 2.09. The molecule has 0 heterocycles. The first-order valence-electron chi connectivity index (χ1n) is 4.99. The molecule has 0 atom stereocenters. The molecule has 1 rings (SSSR count). The van der Waals surface area contributed by atoms with Gasteiger partial charge < -0.3 is 5.32 Å². The van der Waals surface area contributed by atoms with Gasteiger partial charge in [0.1, 0.15) is 0 Å². The molecule has 1 nitrogen and oxygen atoms in total. The Labute approximate surface area is 87.3 Å². The normalized spacial score (nSPS) is 10.7. The quantitative estimate of drug-likeness (QED) is 0.590. The predicted octanol–water partition coefficient (Wildman–Crippen LogP) is 2.65. The summed E-state index contributed by atoms with van der Waals surface area (Å²) in [5.74, 6) is -3.65. The Morgan fingerprint density at radius 1 is 1.07 bits per heavy atom. The molecule has 1 N–H and O–H groups in total. The Morgan fingerprint density at radius 3 is 2.20 bits per heavy atom. The van der Waals surface area contributed by atoms with E-state index in [9.17, 15) is 13.2 Å². The van der Waals surface area contributed by atoms with Crippen LogP contribution in [0.5, 0.6) is 0 Å². The summed E-state index contributed by atoms with van der Waals surface area (Å²) in [6.07, 6.45) is 1.50. The van der Waals surface area contributed by atoms with Crippen LogP contribution in [-0.4, -0.2) is 13.1 Å². The molecule has 0 saturated carbocycles. The minimum atomic E-state index is -1.40. The van der Waals surface area contributed by atoms with Crippen LogP contribution in [0.15, 0.2) is 12.1 Å². The minimum absolute atomic E-state index is 0.468. The SMILES string of the molecule is CCCNCCc1cc(F)c(F)c(F)c1. The molecule has 0 aromatic heterocycles. The Morgan fingerprint density at radius 2 is 1.67 bits per heavy atom. The van der Waals surface area contributed by atoms with Gasteiger partial charge in [0.15, 0.2) is 17.5 Å². The van der Waals surface area contributed by atoms with Crippen LogP contribution in [0.25, 0.3) is 0 Å². The molecule has 15 heavy (non-hydrogen) atoms. The van der Waals surface area contributed by atoms with Crippen molar-refractivity contribution in [3.8, 4) is 0 Å². The van der Waals surface area contributed by atoms with Gasteiger partial charge in [-0.1, -0.05) is 6.92 Å². The number of rotatable bonds is 5. The van der Waals surface area contributed by atoms with Crippen molar-refractivity contribution in [1.82, 2.24) is 5.32 Å². The van der Waals surface area contributed by atoms with Crippen molar-refractivity contribution in [2.24, 2.45) is 0 Å². The maximum atomic E-state index is 12.8. The van der Waals surface area contributed by atoms with Crippen LogP contribution >= 0.6 is 0 Å². The van der Waals surface area contributed by atoms with Crippen LogP contribution < -0.4 is 5.32 Å². The number of hydrogen-bond acceptors (Lipinski definition) is 1. The highest BCUT2D eigenvalue weighted by molar-refractivity contribution is 5.19. The van der Waals surface area contributed by atoms with E-state index in [0.717, 1.165) is 25.1 Å². The summed E-state index contributed by atoms with van der Waals surface area (Å²) in [6.45, 7) is 3.54. The Kier molecular flexibility index (Phi) is 4.62. The summed E-state index contributed by atoms with van der Waals surface area (Å²) in [7, 11) is 0. The maximum absolute atomic E-state index is 12.8. The molecule has 0 fully saturated rings. The lowest BCUT2D eigenvalue weighted by atomic mass is 10.1. The van der Waals surface area contributed by atoms with E-state index >= 15 is 0 Å². The van der Waals surface area contributed by atoms with Gasteiger partial charge in [0.25, 0.3) is 0 Å². The van der Waals surface area contributed by atoms with Gasteiger partial charge in [-0.15, -0.1) is 0 Å². The molecule has 0 bridgehead atoms. The van der Waals surface area contributed by atoms with Crippen LogP contribution in [0, 0.1) is 17.5 Å². The third-order valence-electron chi connectivity index (χ3n) is 2.06. The monoisotopic (exact) mass is 217 g/mol. The minimum Gasteiger partial charge on any atom is -0.316 e. The van der Waals surface area contributed by atoms with Gasteiger partial charge in [-0.3, -0.25) is 0 Å². The van der Waals surface area contributed by atoms with E-state index in [1.54, 1.807) is 0 Å². The zero-order valence-corrected chi connectivity index (χ0v) is 8.62. The van der Waals surface area contributed by atoms with E-state index in [2.05, 4.69) is 5.32 Å². The lowest BCUT2D eigenvalue weighted by Crippen LogP contribution is -2.18. The number of hydrogen-bond donors (Lipinski definition) is 1. The first kappa shape index (κ1) is 12.0. The molecule has 0 saturated heterocycles. The molecular weight excluding hydrogens is 203 g/mol. The van der Waals surface area contributed by atoms with Gasteiger partial charge in [-0.05, 0) is 43.6 Å². The van der Waals surface area contributed by atoms with Crippen molar-refractivity contribution in [3.05, 3.63) is 35.1 Å². The van der Waals surface area contributed by atoms with Crippen molar-refractivity contribution in [2.75, 3.05) is 13.1 Å². The van der Waals surface area contributed by atoms with Crippen LogP contribution in [0.1, 0.15) is 18.9 Å². The molecule has 4 heteroatoms. The van der Waals surface area contributed by atoms with Crippen LogP contribution in [0.3, 0.4) is 0 Å². The largest absolute Gasteiger partial charge is 0.316 e. The summed E-state index contributed by atoms with van der Waals surface area (Å²) >= 11 is 0. The third-order valence-corrected chi connectivity index (χ3v) is 2.06. The average Bonchev–Trinajstić information content (AvgIpc) is 2.21. The Balaban J connectivity index is 2.55. The number of benzene rings is 1. The van der Waals surface area contributed by atoms with Gasteiger partial charge in [0.05, 0.1) is 0 Å². The second-order valence-electron chi connectivity index (χ2n) is 3.37. The zero-order chi connectivity index (χ0) is 11.3. The fourth-order valence-electron chi connectivity index (χ4n) is 1.29. The molecule has 1 aromatic rings. The molecule has 0 radical (unpaired) electrons. The number of halogens is 3. The Hall–Kier alpha value is -1.03. The van der Waals surface area contributed by atoms with Crippen molar-refractivity contribution in [3.63, 3.8) is 0 Å². The second-order valence-corrected chi connectivity index (χ2v) is 3.37. The topological polar surface area (TPSA) is 12.0 Å². The fourth-order valence-corrected chi connectivity index (χ4v) is 1.29. The lowest BCUT2D eigenvalue weighted by molar-refractivity contribution is 0.445. The summed E-state index contributed by atoms with van der Waals surface area (Å²) in [5, 5.41) is 3.10. The summed E-state index contributed by atoms with van der Waals surface area (Å²) in [6, 6.07) is 2.07. The molecule has 84 valence electrons. The Bertz CT molecular complexity index is 303. The van der Waals surface area contributed by atoms with Gasteiger partial charge in [-0.2, -0.15) is 0 Å². The van der Waals surface area contributed by atoms with Gasteiger partial charge >= 0.3 is 0 Å². The fraction of sp³-hybridized carbons (Fsp3) is 0.455. The highest BCUT2D eigenvalue weighted by Crippen LogP contribution is 2.13. The van der Waals surface area contributed by atoms with Crippen molar-refractivity contribution >= 4 is 0 Å². The molecule has 0 unspecified atom stereocenters. The predicted molar refractivity (Wildman–Crippen MR) is 53.2 cm³/mol. The van der Waals surface area contributed by atoms with E-state index in [-0.39, 0.29) is 0 Å². The summed E-state index contributed by atoms with van der Waals surface area (Å²) < 4.78 is 38.1. The van der Waals surface area contributed by atoms with Crippen LogP contribution in [-0.2, 0) is 6.42 Å². The van der Waals surface area contributed by atoms with Crippen LogP contribution in [0.2, 0.25) is 0 Å². The molecule has 0 amide bonds. The molecule has 0 spiro atoms.